The second kappa shape index (κ2) is 5.89. The molecule has 4 rings (SSSR count). The Bertz CT molecular complexity index is 834. The minimum Gasteiger partial charge on any atom is -0.496 e. The highest BCUT2D eigenvalue weighted by Crippen LogP contribution is 2.67. The van der Waals surface area contributed by atoms with Gasteiger partial charge < -0.3 is 14.9 Å². The molecule has 0 aromatic heterocycles. The van der Waals surface area contributed by atoms with Gasteiger partial charge in [-0.25, -0.2) is 0 Å². The van der Waals surface area contributed by atoms with Gasteiger partial charge in [0, 0.05) is 4.75 Å². The fourth-order valence-corrected chi connectivity index (χ4v) is 6.23. The van der Waals surface area contributed by atoms with E-state index in [1.54, 1.807) is 18.9 Å². The lowest BCUT2D eigenvalue weighted by Gasteiger charge is -2.41. The van der Waals surface area contributed by atoms with Gasteiger partial charge in [0.25, 0.3) is 0 Å². The zero-order valence-electron chi connectivity index (χ0n) is 15.3. The van der Waals surface area contributed by atoms with Gasteiger partial charge in [-0.15, -0.1) is 11.8 Å². The first kappa shape index (κ1) is 17.7. The van der Waals surface area contributed by atoms with Gasteiger partial charge in [0.05, 0.1) is 17.4 Å². The summed E-state index contributed by atoms with van der Waals surface area (Å²) in [6.45, 7) is 3.65. The molecule has 2 atom stereocenters. The van der Waals surface area contributed by atoms with Crippen LogP contribution in [0.3, 0.4) is 0 Å². The summed E-state index contributed by atoms with van der Waals surface area (Å²) in [6.07, 6.45) is 3.90. The summed E-state index contributed by atoms with van der Waals surface area (Å²) in [4.78, 5) is 13.0. The van der Waals surface area contributed by atoms with E-state index in [2.05, 4.69) is 0 Å². The van der Waals surface area contributed by atoms with Crippen molar-refractivity contribution >= 4 is 23.8 Å². The van der Waals surface area contributed by atoms with Crippen molar-refractivity contribution in [3.05, 3.63) is 51.6 Å². The summed E-state index contributed by atoms with van der Waals surface area (Å²) in [6, 6.07) is 7.77. The standard InChI is InChI=1S/C21H24O4S/c1-20(2,19(23)24)21(13-8-9-13)11-15-17(22)14-7-5-4-6-12(14)10-16(25-3)18(15)26-21/h4-7,10,13,17,22H,8-9,11H2,1-3H3,(H,23,24). The normalized spacial score (nSPS) is 28.2. The highest BCUT2D eigenvalue weighted by Gasteiger charge is 2.62. The molecule has 138 valence electrons. The highest BCUT2D eigenvalue weighted by atomic mass is 32.2. The van der Waals surface area contributed by atoms with E-state index in [4.69, 9.17) is 4.74 Å². The molecule has 1 aliphatic heterocycles. The lowest BCUT2D eigenvalue weighted by Crippen LogP contribution is -2.48. The number of rotatable bonds is 4. The van der Waals surface area contributed by atoms with E-state index in [0.717, 1.165) is 40.2 Å². The molecule has 2 aliphatic carbocycles. The summed E-state index contributed by atoms with van der Waals surface area (Å²) in [7, 11) is 1.64. The zero-order valence-corrected chi connectivity index (χ0v) is 16.1. The van der Waals surface area contributed by atoms with Crippen molar-refractivity contribution in [3.63, 3.8) is 0 Å². The summed E-state index contributed by atoms with van der Waals surface area (Å²) in [5.41, 5.74) is 1.80. The number of methoxy groups -OCH3 is 1. The Balaban J connectivity index is 1.84. The minimum absolute atomic E-state index is 0.353. The highest BCUT2D eigenvalue weighted by molar-refractivity contribution is 8.05. The molecular formula is C21H24O4S. The molecule has 1 fully saturated rings. The molecule has 0 radical (unpaired) electrons. The second-order valence-corrected chi connectivity index (χ2v) is 9.31. The zero-order chi connectivity index (χ0) is 18.7. The predicted molar refractivity (Wildman–Crippen MR) is 102 cm³/mol. The number of benzene rings is 1. The molecule has 0 bridgehead atoms. The maximum atomic E-state index is 12.1. The van der Waals surface area contributed by atoms with Gasteiger partial charge in [0.1, 0.15) is 11.9 Å². The molecule has 1 heterocycles. The van der Waals surface area contributed by atoms with Crippen LogP contribution in [0.4, 0.5) is 0 Å². The molecule has 2 unspecified atom stereocenters. The number of hydrogen-bond acceptors (Lipinski definition) is 4. The van der Waals surface area contributed by atoms with E-state index in [-0.39, 0.29) is 0 Å². The average molecular weight is 372 g/mol. The Hall–Kier alpha value is -1.72. The number of aliphatic hydroxyl groups excluding tert-OH is 1. The smallest absolute Gasteiger partial charge is 0.310 e. The van der Waals surface area contributed by atoms with Crippen molar-refractivity contribution in [2.24, 2.45) is 11.3 Å². The first-order valence-electron chi connectivity index (χ1n) is 9.00. The van der Waals surface area contributed by atoms with Gasteiger partial charge >= 0.3 is 5.97 Å². The fraction of sp³-hybridized carbons (Fsp3) is 0.476. The maximum Gasteiger partial charge on any atom is 0.310 e. The van der Waals surface area contributed by atoms with Crippen LogP contribution in [0.2, 0.25) is 0 Å². The number of fused-ring (bicyclic) bond motifs is 1. The van der Waals surface area contributed by atoms with Crippen molar-refractivity contribution < 1.29 is 19.7 Å². The predicted octanol–water partition coefficient (Wildman–Crippen LogP) is 4.37. The number of thioether (sulfide) groups is 1. The molecule has 0 spiro atoms. The van der Waals surface area contributed by atoms with Gasteiger partial charge in [-0.1, -0.05) is 24.3 Å². The van der Waals surface area contributed by atoms with Gasteiger partial charge in [-0.05, 0) is 61.8 Å². The van der Waals surface area contributed by atoms with Crippen molar-refractivity contribution in [1.29, 1.82) is 0 Å². The van der Waals surface area contributed by atoms with Crippen LogP contribution in [0.5, 0.6) is 0 Å². The Morgan fingerprint density at radius 2 is 2.00 bits per heavy atom. The topological polar surface area (TPSA) is 66.8 Å². The van der Waals surface area contributed by atoms with Crippen LogP contribution >= 0.6 is 11.8 Å². The largest absolute Gasteiger partial charge is 0.496 e. The first-order chi connectivity index (χ1) is 12.3. The average Bonchev–Trinajstić information content (AvgIpc) is 3.40. The maximum absolute atomic E-state index is 12.1. The molecule has 26 heavy (non-hydrogen) atoms. The van der Waals surface area contributed by atoms with Crippen LogP contribution < -0.4 is 0 Å². The van der Waals surface area contributed by atoms with Gasteiger partial charge in [-0.3, -0.25) is 4.79 Å². The molecule has 1 aromatic rings. The van der Waals surface area contributed by atoms with Crippen LogP contribution in [-0.4, -0.2) is 28.0 Å². The van der Waals surface area contributed by atoms with Crippen molar-refractivity contribution in [1.82, 2.24) is 0 Å². The minimum atomic E-state index is -0.900. The van der Waals surface area contributed by atoms with E-state index in [0.29, 0.717) is 12.3 Å². The number of ether oxygens (including phenoxy) is 1. The Kier molecular flexibility index (Phi) is 4.01. The number of hydrogen-bond donors (Lipinski definition) is 2. The van der Waals surface area contributed by atoms with E-state index < -0.39 is 22.2 Å². The van der Waals surface area contributed by atoms with E-state index in [9.17, 15) is 15.0 Å². The molecular weight excluding hydrogens is 348 g/mol. The van der Waals surface area contributed by atoms with Crippen LogP contribution in [-0.2, 0) is 9.53 Å². The quantitative estimate of drug-likeness (QED) is 0.821. The number of carboxylic acid groups (broad SMARTS) is 1. The SMILES string of the molecule is COC1=Cc2ccccc2C(O)C2=C1SC(C1CC1)(C(C)(C)C(=O)O)C2. The number of carbonyl (C=O) groups is 1. The molecule has 3 aliphatic rings. The third kappa shape index (κ3) is 2.37. The Labute approximate surface area is 157 Å². The van der Waals surface area contributed by atoms with Crippen LogP contribution in [0.25, 0.3) is 6.08 Å². The summed E-state index contributed by atoms with van der Waals surface area (Å²) < 4.78 is 5.23. The summed E-state index contributed by atoms with van der Waals surface area (Å²) >= 11 is 1.61. The lowest BCUT2D eigenvalue weighted by atomic mass is 9.71. The Morgan fingerprint density at radius 1 is 1.31 bits per heavy atom. The third-order valence-electron chi connectivity index (χ3n) is 6.21. The van der Waals surface area contributed by atoms with Crippen molar-refractivity contribution in [2.75, 3.05) is 7.11 Å². The van der Waals surface area contributed by atoms with Crippen LogP contribution in [0.15, 0.2) is 40.5 Å². The molecule has 0 saturated heterocycles. The first-order valence-corrected chi connectivity index (χ1v) is 9.82. The molecule has 1 saturated carbocycles. The van der Waals surface area contributed by atoms with Gasteiger partial charge in [0.2, 0.25) is 0 Å². The van der Waals surface area contributed by atoms with Crippen LogP contribution in [0, 0.1) is 11.3 Å². The van der Waals surface area contributed by atoms with Gasteiger partial charge in [0.15, 0.2) is 0 Å². The van der Waals surface area contributed by atoms with Crippen LogP contribution in [0.1, 0.15) is 50.3 Å². The molecule has 1 aromatic carbocycles. The van der Waals surface area contributed by atoms with E-state index >= 15 is 0 Å². The summed E-state index contributed by atoms with van der Waals surface area (Å²) in [5.74, 6) is 0.288. The lowest BCUT2D eigenvalue weighted by molar-refractivity contribution is -0.149. The molecule has 2 N–H and O–H groups in total. The van der Waals surface area contributed by atoms with Crippen molar-refractivity contribution in [3.8, 4) is 0 Å². The number of aliphatic carboxylic acids is 1. The van der Waals surface area contributed by atoms with E-state index in [1.807, 2.05) is 44.2 Å². The van der Waals surface area contributed by atoms with E-state index in [1.165, 1.54) is 0 Å². The van der Waals surface area contributed by atoms with Crippen molar-refractivity contribution in [2.45, 2.75) is 44.0 Å². The Morgan fingerprint density at radius 3 is 2.62 bits per heavy atom. The molecule has 0 amide bonds. The number of aliphatic hydroxyl groups is 1. The summed E-state index contributed by atoms with van der Waals surface area (Å²) in [5, 5.41) is 21.1. The molecule has 4 nitrogen and oxygen atoms in total. The molecule has 5 heteroatoms. The second-order valence-electron chi connectivity index (χ2n) is 7.97. The van der Waals surface area contributed by atoms with Gasteiger partial charge in [-0.2, -0.15) is 0 Å². The monoisotopic (exact) mass is 372 g/mol. The fourth-order valence-electron chi connectivity index (χ4n) is 4.33. The number of carboxylic acids is 1. The third-order valence-corrected chi connectivity index (χ3v) is 8.23.